The molecule has 0 unspecified atom stereocenters. The highest BCUT2D eigenvalue weighted by molar-refractivity contribution is 7.13. The number of rotatable bonds is 5. The topological polar surface area (TPSA) is 61.5 Å². The average Bonchev–Trinajstić information content (AvgIpc) is 3.40. The summed E-state index contributed by atoms with van der Waals surface area (Å²) in [6.07, 6.45) is 0.405. The fourth-order valence-corrected chi connectivity index (χ4v) is 3.98. The number of methoxy groups -OCH3 is 1. The van der Waals surface area contributed by atoms with E-state index >= 15 is 0 Å². The number of aromatic nitrogens is 2. The maximum absolute atomic E-state index is 12.6. The van der Waals surface area contributed by atoms with Crippen molar-refractivity contribution in [2.45, 2.75) is 6.42 Å². The Bertz CT molecular complexity index is 898. The zero-order valence-electron chi connectivity index (χ0n) is 15.2. The molecule has 1 aliphatic rings. The number of amides is 1. The molecule has 6 nitrogen and oxygen atoms in total. The van der Waals surface area contributed by atoms with E-state index in [2.05, 4.69) is 32.6 Å². The summed E-state index contributed by atoms with van der Waals surface area (Å²) in [6, 6.07) is 13.9. The molecule has 0 radical (unpaired) electrons. The van der Waals surface area contributed by atoms with Gasteiger partial charge in [0.05, 0.1) is 24.1 Å². The Morgan fingerprint density at radius 3 is 2.78 bits per heavy atom. The molecule has 1 fully saturated rings. The Balaban J connectivity index is 1.34. The first-order chi connectivity index (χ1) is 13.2. The van der Waals surface area contributed by atoms with Gasteiger partial charge in [0.25, 0.3) is 0 Å². The first-order valence-electron chi connectivity index (χ1n) is 8.98. The zero-order chi connectivity index (χ0) is 18.6. The van der Waals surface area contributed by atoms with Crippen LogP contribution < -0.4 is 9.64 Å². The van der Waals surface area contributed by atoms with E-state index in [1.807, 2.05) is 35.2 Å². The standard InChI is InChI=1S/C20H22N4O2S/c1-26-16-5-2-4-15(12-16)13-20(25)24-9-7-23(8-10-24)19-14-17(21-22-19)18-6-3-11-27-18/h2-6,11-12,14H,7-10,13H2,1H3,(H,21,22). The quantitative estimate of drug-likeness (QED) is 0.737. The predicted octanol–water partition coefficient (Wildman–Crippen LogP) is 3.04. The summed E-state index contributed by atoms with van der Waals surface area (Å²) in [5, 5.41) is 9.61. The third-order valence-electron chi connectivity index (χ3n) is 4.80. The van der Waals surface area contributed by atoms with Gasteiger partial charge in [0.2, 0.25) is 5.91 Å². The first kappa shape index (κ1) is 17.6. The fraction of sp³-hybridized carbons (Fsp3) is 0.300. The lowest BCUT2D eigenvalue weighted by molar-refractivity contribution is -0.130. The molecule has 7 heteroatoms. The van der Waals surface area contributed by atoms with Crippen LogP contribution in [-0.4, -0.2) is 54.3 Å². The maximum atomic E-state index is 12.6. The number of piperazine rings is 1. The summed E-state index contributed by atoms with van der Waals surface area (Å²) in [5.41, 5.74) is 2.02. The van der Waals surface area contributed by atoms with Gasteiger partial charge >= 0.3 is 0 Å². The summed E-state index contributed by atoms with van der Waals surface area (Å²) in [5.74, 6) is 1.88. The van der Waals surface area contributed by atoms with Crippen molar-refractivity contribution in [2.24, 2.45) is 0 Å². The monoisotopic (exact) mass is 382 g/mol. The van der Waals surface area contributed by atoms with E-state index in [9.17, 15) is 4.79 Å². The van der Waals surface area contributed by atoms with Crippen LogP contribution in [0.4, 0.5) is 5.82 Å². The second-order valence-electron chi connectivity index (χ2n) is 6.51. The van der Waals surface area contributed by atoms with Crippen molar-refractivity contribution in [2.75, 3.05) is 38.2 Å². The number of ether oxygens (including phenoxy) is 1. The zero-order valence-corrected chi connectivity index (χ0v) is 16.0. The summed E-state index contributed by atoms with van der Waals surface area (Å²) in [7, 11) is 1.64. The SMILES string of the molecule is COc1cccc(CC(=O)N2CCN(c3cc(-c4cccs4)[nH]n3)CC2)c1. The third kappa shape index (κ3) is 3.98. The van der Waals surface area contributed by atoms with Crippen molar-refractivity contribution in [1.29, 1.82) is 0 Å². The number of nitrogens with one attached hydrogen (secondary N) is 1. The number of benzene rings is 1. The number of anilines is 1. The smallest absolute Gasteiger partial charge is 0.227 e. The van der Waals surface area contributed by atoms with Crippen LogP contribution in [0.3, 0.4) is 0 Å². The highest BCUT2D eigenvalue weighted by atomic mass is 32.1. The van der Waals surface area contributed by atoms with Crippen LogP contribution in [-0.2, 0) is 11.2 Å². The maximum Gasteiger partial charge on any atom is 0.227 e. The minimum absolute atomic E-state index is 0.157. The van der Waals surface area contributed by atoms with Crippen molar-refractivity contribution in [3.05, 3.63) is 53.4 Å². The highest BCUT2D eigenvalue weighted by Crippen LogP contribution is 2.26. The summed E-state index contributed by atoms with van der Waals surface area (Å²) in [6.45, 7) is 3.01. The fourth-order valence-electron chi connectivity index (χ4n) is 3.28. The Labute approximate surface area is 162 Å². The van der Waals surface area contributed by atoms with Crippen LogP contribution in [0.25, 0.3) is 10.6 Å². The lowest BCUT2D eigenvalue weighted by atomic mass is 10.1. The molecule has 1 aromatic carbocycles. The van der Waals surface area contributed by atoms with E-state index in [0.29, 0.717) is 19.5 Å². The molecule has 3 heterocycles. The van der Waals surface area contributed by atoms with Crippen molar-refractivity contribution < 1.29 is 9.53 Å². The Morgan fingerprint density at radius 1 is 1.19 bits per heavy atom. The molecule has 1 N–H and O–H groups in total. The van der Waals surface area contributed by atoms with E-state index in [1.54, 1.807) is 18.4 Å². The molecule has 140 valence electrons. The van der Waals surface area contributed by atoms with Crippen molar-refractivity contribution in [3.63, 3.8) is 0 Å². The minimum atomic E-state index is 0.157. The second kappa shape index (κ2) is 7.84. The van der Waals surface area contributed by atoms with Gasteiger partial charge in [0.15, 0.2) is 5.82 Å². The molecular weight excluding hydrogens is 360 g/mol. The normalized spacial score (nSPS) is 14.4. The molecule has 0 atom stereocenters. The Kier molecular flexibility index (Phi) is 5.11. The molecule has 0 bridgehead atoms. The van der Waals surface area contributed by atoms with Crippen LogP contribution in [0.2, 0.25) is 0 Å². The molecule has 4 rings (SSSR count). The van der Waals surface area contributed by atoms with Crippen molar-refractivity contribution in [1.82, 2.24) is 15.1 Å². The summed E-state index contributed by atoms with van der Waals surface area (Å²) >= 11 is 1.69. The van der Waals surface area contributed by atoms with E-state index in [0.717, 1.165) is 35.9 Å². The van der Waals surface area contributed by atoms with E-state index in [-0.39, 0.29) is 5.91 Å². The number of hydrogen-bond donors (Lipinski definition) is 1. The van der Waals surface area contributed by atoms with Crippen LogP contribution in [0.15, 0.2) is 47.8 Å². The van der Waals surface area contributed by atoms with E-state index in [4.69, 9.17) is 4.74 Å². The van der Waals surface area contributed by atoms with Gasteiger partial charge in [-0.25, -0.2) is 0 Å². The highest BCUT2D eigenvalue weighted by Gasteiger charge is 2.23. The number of hydrogen-bond acceptors (Lipinski definition) is 5. The van der Waals surface area contributed by atoms with Gasteiger partial charge in [-0.2, -0.15) is 5.10 Å². The lowest BCUT2D eigenvalue weighted by Crippen LogP contribution is -2.49. The Hall–Kier alpha value is -2.80. The molecule has 1 amide bonds. The van der Waals surface area contributed by atoms with Gasteiger partial charge in [0.1, 0.15) is 5.75 Å². The van der Waals surface area contributed by atoms with Crippen LogP contribution in [0.5, 0.6) is 5.75 Å². The number of carbonyl (C=O) groups excluding carboxylic acids is 1. The van der Waals surface area contributed by atoms with Crippen molar-refractivity contribution >= 4 is 23.1 Å². The molecule has 3 aromatic rings. The summed E-state index contributed by atoms with van der Waals surface area (Å²) in [4.78, 5) is 18.0. The predicted molar refractivity (Wildman–Crippen MR) is 107 cm³/mol. The van der Waals surface area contributed by atoms with Crippen LogP contribution >= 0.6 is 11.3 Å². The van der Waals surface area contributed by atoms with Gasteiger partial charge in [-0.05, 0) is 29.1 Å². The molecule has 27 heavy (non-hydrogen) atoms. The van der Waals surface area contributed by atoms with E-state index < -0.39 is 0 Å². The molecule has 0 saturated carbocycles. The first-order valence-corrected chi connectivity index (χ1v) is 9.86. The van der Waals surface area contributed by atoms with Gasteiger partial charge in [-0.1, -0.05) is 18.2 Å². The molecule has 1 saturated heterocycles. The van der Waals surface area contributed by atoms with Gasteiger partial charge < -0.3 is 14.5 Å². The second-order valence-corrected chi connectivity index (χ2v) is 7.46. The number of nitrogens with zero attached hydrogens (tertiary/aromatic N) is 3. The molecule has 0 aliphatic carbocycles. The minimum Gasteiger partial charge on any atom is -0.497 e. The van der Waals surface area contributed by atoms with Gasteiger partial charge in [-0.3, -0.25) is 9.89 Å². The molecule has 1 aliphatic heterocycles. The van der Waals surface area contributed by atoms with E-state index in [1.165, 1.54) is 4.88 Å². The Morgan fingerprint density at radius 2 is 2.04 bits per heavy atom. The number of thiophene rings is 1. The number of carbonyl (C=O) groups is 1. The van der Waals surface area contributed by atoms with Gasteiger partial charge in [-0.15, -0.1) is 11.3 Å². The third-order valence-corrected chi connectivity index (χ3v) is 5.70. The van der Waals surface area contributed by atoms with Crippen LogP contribution in [0, 0.1) is 0 Å². The van der Waals surface area contributed by atoms with Gasteiger partial charge in [0, 0.05) is 32.2 Å². The average molecular weight is 382 g/mol. The number of aromatic amines is 1. The molecule has 0 spiro atoms. The van der Waals surface area contributed by atoms with Crippen molar-refractivity contribution in [3.8, 4) is 16.3 Å². The summed E-state index contributed by atoms with van der Waals surface area (Å²) < 4.78 is 5.23. The molecular formula is C20H22N4O2S. The largest absolute Gasteiger partial charge is 0.497 e. The number of H-pyrrole nitrogens is 1. The van der Waals surface area contributed by atoms with Crippen LogP contribution in [0.1, 0.15) is 5.56 Å². The molecule has 2 aromatic heterocycles. The lowest BCUT2D eigenvalue weighted by Gasteiger charge is -2.34.